The minimum atomic E-state index is -0.0210. The monoisotopic (exact) mass is 332 g/mol. The normalized spacial score (nSPS) is 22.1. The summed E-state index contributed by atoms with van der Waals surface area (Å²) in [7, 11) is 0. The lowest BCUT2D eigenvalue weighted by Gasteiger charge is -2.11. The molecule has 1 heterocycles. The number of rotatable bonds is 3. The van der Waals surface area contributed by atoms with E-state index in [0.29, 0.717) is 16.3 Å². The third kappa shape index (κ3) is 2.85. The topological polar surface area (TPSA) is 42.0 Å². The van der Waals surface area contributed by atoms with E-state index in [4.69, 9.17) is 0 Å². The van der Waals surface area contributed by atoms with Crippen LogP contribution in [0.4, 0.5) is 0 Å². The lowest BCUT2D eigenvalue weighted by molar-refractivity contribution is 0.0949. The zero-order valence-electron chi connectivity index (χ0n) is 11.2. The molecule has 3 nitrogen and oxygen atoms in total. The highest BCUT2D eigenvalue weighted by Gasteiger charge is 2.23. The second-order valence-electron chi connectivity index (χ2n) is 5.37. The van der Waals surface area contributed by atoms with E-state index in [1.165, 1.54) is 12.8 Å². The third-order valence-electron chi connectivity index (χ3n) is 3.91. The van der Waals surface area contributed by atoms with Crippen LogP contribution < -0.4 is 5.32 Å². The Morgan fingerprint density at radius 3 is 2.95 bits per heavy atom. The number of nitrogens with one attached hydrogen (secondary N) is 1. The van der Waals surface area contributed by atoms with Gasteiger partial charge in [0.05, 0.1) is 11.1 Å². The van der Waals surface area contributed by atoms with E-state index in [1.54, 1.807) is 6.20 Å². The first-order chi connectivity index (χ1) is 9.74. The Bertz CT molecular complexity index is 623. The number of benzene rings is 1. The van der Waals surface area contributed by atoms with Crippen molar-refractivity contribution in [1.29, 1.82) is 0 Å². The Labute approximate surface area is 126 Å². The van der Waals surface area contributed by atoms with Crippen molar-refractivity contribution >= 4 is 32.7 Å². The van der Waals surface area contributed by atoms with Crippen LogP contribution in [0, 0.1) is 5.92 Å². The summed E-state index contributed by atoms with van der Waals surface area (Å²) in [6, 6.07) is 9.59. The van der Waals surface area contributed by atoms with Crippen LogP contribution in [-0.4, -0.2) is 22.3 Å². The van der Waals surface area contributed by atoms with Crippen molar-refractivity contribution in [2.75, 3.05) is 6.54 Å². The largest absolute Gasteiger partial charge is 0.352 e. The van der Waals surface area contributed by atoms with E-state index >= 15 is 0 Å². The highest BCUT2D eigenvalue weighted by Crippen LogP contribution is 2.30. The van der Waals surface area contributed by atoms with Crippen molar-refractivity contribution in [2.24, 2.45) is 5.92 Å². The van der Waals surface area contributed by atoms with Gasteiger partial charge < -0.3 is 5.32 Å². The predicted molar refractivity (Wildman–Crippen MR) is 84.1 cm³/mol. The number of nitrogens with zero attached hydrogens (tertiary/aromatic N) is 1. The van der Waals surface area contributed by atoms with Gasteiger partial charge in [0.25, 0.3) is 5.91 Å². The number of alkyl halides is 1. The zero-order valence-corrected chi connectivity index (χ0v) is 12.8. The van der Waals surface area contributed by atoms with Gasteiger partial charge >= 0.3 is 0 Å². The van der Waals surface area contributed by atoms with Gasteiger partial charge in [0.2, 0.25) is 0 Å². The molecular weight excluding hydrogens is 316 g/mol. The molecular formula is C16H17BrN2O. The number of carbonyl (C=O) groups is 1. The summed E-state index contributed by atoms with van der Waals surface area (Å²) < 4.78 is 0. The van der Waals surface area contributed by atoms with Crippen molar-refractivity contribution < 1.29 is 4.79 Å². The van der Waals surface area contributed by atoms with Gasteiger partial charge in [0.15, 0.2) is 0 Å². The van der Waals surface area contributed by atoms with E-state index in [-0.39, 0.29) is 5.91 Å². The summed E-state index contributed by atoms with van der Waals surface area (Å²) in [5.41, 5.74) is 1.44. The maximum Gasteiger partial charge on any atom is 0.253 e. The van der Waals surface area contributed by atoms with Crippen LogP contribution in [0.25, 0.3) is 10.9 Å². The molecule has 1 aromatic carbocycles. The van der Waals surface area contributed by atoms with Gasteiger partial charge in [0.1, 0.15) is 0 Å². The van der Waals surface area contributed by atoms with Crippen LogP contribution in [0.15, 0.2) is 36.5 Å². The standard InChI is InChI=1S/C16H17BrN2O/c17-13-7-6-11(9-13)10-19-16(20)14-5-1-3-12-4-2-8-18-15(12)14/h1-5,8,11,13H,6-7,9-10H2,(H,19,20). The van der Waals surface area contributed by atoms with Gasteiger partial charge in [-0.15, -0.1) is 0 Å². The average molecular weight is 333 g/mol. The molecule has 20 heavy (non-hydrogen) atoms. The molecule has 1 saturated carbocycles. The first kappa shape index (κ1) is 13.6. The number of pyridine rings is 1. The molecule has 3 rings (SSSR count). The molecule has 0 saturated heterocycles. The molecule has 104 valence electrons. The number of halogens is 1. The lowest BCUT2D eigenvalue weighted by Crippen LogP contribution is -2.28. The SMILES string of the molecule is O=C(NCC1CCC(Br)C1)c1cccc2cccnc12. The smallest absolute Gasteiger partial charge is 0.253 e. The molecule has 1 aliphatic rings. The van der Waals surface area contributed by atoms with Crippen molar-refractivity contribution in [1.82, 2.24) is 10.3 Å². The van der Waals surface area contributed by atoms with Crippen LogP contribution in [0.3, 0.4) is 0 Å². The van der Waals surface area contributed by atoms with Crippen molar-refractivity contribution in [3.63, 3.8) is 0 Å². The van der Waals surface area contributed by atoms with E-state index in [0.717, 1.165) is 23.9 Å². The molecule has 2 atom stereocenters. The van der Waals surface area contributed by atoms with Crippen LogP contribution in [0.2, 0.25) is 0 Å². The Kier molecular flexibility index (Phi) is 4.01. The molecule has 0 bridgehead atoms. The second kappa shape index (κ2) is 5.92. The quantitative estimate of drug-likeness (QED) is 0.873. The molecule has 4 heteroatoms. The highest BCUT2D eigenvalue weighted by molar-refractivity contribution is 9.09. The van der Waals surface area contributed by atoms with Crippen molar-refractivity contribution in [2.45, 2.75) is 24.1 Å². The molecule has 1 fully saturated rings. The minimum Gasteiger partial charge on any atom is -0.352 e. The number of fused-ring (bicyclic) bond motifs is 1. The highest BCUT2D eigenvalue weighted by atomic mass is 79.9. The summed E-state index contributed by atoms with van der Waals surface area (Å²) in [6.45, 7) is 0.754. The Balaban J connectivity index is 1.72. The number of aromatic nitrogens is 1. The lowest BCUT2D eigenvalue weighted by atomic mass is 10.1. The van der Waals surface area contributed by atoms with Gasteiger partial charge in [-0.1, -0.05) is 34.1 Å². The maximum atomic E-state index is 12.3. The summed E-state index contributed by atoms with van der Waals surface area (Å²) >= 11 is 3.64. The minimum absolute atomic E-state index is 0.0210. The van der Waals surface area contributed by atoms with Crippen LogP contribution in [-0.2, 0) is 0 Å². The number of para-hydroxylation sites is 1. The Morgan fingerprint density at radius 2 is 2.15 bits per heavy atom. The fourth-order valence-corrected chi connectivity index (χ4v) is 3.61. The molecule has 0 aliphatic heterocycles. The molecule has 0 spiro atoms. The van der Waals surface area contributed by atoms with Gasteiger partial charge in [0, 0.05) is 23.0 Å². The predicted octanol–water partition coefficient (Wildman–Crippen LogP) is 3.53. The number of amides is 1. The molecule has 0 radical (unpaired) electrons. The fraction of sp³-hybridized carbons (Fsp3) is 0.375. The van der Waals surface area contributed by atoms with Crippen LogP contribution in [0.5, 0.6) is 0 Å². The average Bonchev–Trinajstić information content (AvgIpc) is 2.90. The van der Waals surface area contributed by atoms with E-state index in [1.807, 2.05) is 30.3 Å². The molecule has 2 unspecified atom stereocenters. The maximum absolute atomic E-state index is 12.3. The molecule has 1 aliphatic carbocycles. The first-order valence-corrected chi connectivity index (χ1v) is 7.91. The van der Waals surface area contributed by atoms with E-state index < -0.39 is 0 Å². The second-order valence-corrected chi connectivity index (χ2v) is 6.66. The van der Waals surface area contributed by atoms with Gasteiger partial charge in [-0.3, -0.25) is 9.78 Å². The van der Waals surface area contributed by atoms with Gasteiger partial charge in [-0.2, -0.15) is 0 Å². The van der Waals surface area contributed by atoms with E-state index in [9.17, 15) is 4.79 Å². The molecule has 1 aromatic heterocycles. The third-order valence-corrected chi connectivity index (χ3v) is 4.74. The molecule has 1 amide bonds. The number of hydrogen-bond donors (Lipinski definition) is 1. The van der Waals surface area contributed by atoms with Crippen molar-refractivity contribution in [3.05, 3.63) is 42.1 Å². The van der Waals surface area contributed by atoms with Gasteiger partial charge in [-0.05, 0) is 37.3 Å². The molecule has 1 N–H and O–H groups in total. The first-order valence-electron chi connectivity index (χ1n) is 7.00. The number of hydrogen-bond acceptors (Lipinski definition) is 2. The Morgan fingerprint density at radius 1 is 1.30 bits per heavy atom. The van der Waals surface area contributed by atoms with Gasteiger partial charge in [-0.25, -0.2) is 0 Å². The molecule has 2 aromatic rings. The fourth-order valence-electron chi connectivity index (χ4n) is 2.82. The summed E-state index contributed by atoms with van der Waals surface area (Å²) in [4.78, 5) is 17.3. The zero-order chi connectivity index (χ0) is 13.9. The Hall–Kier alpha value is -1.42. The van der Waals surface area contributed by atoms with E-state index in [2.05, 4.69) is 26.2 Å². The summed E-state index contributed by atoms with van der Waals surface area (Å²) in [6.07, 6.45) is 5.26. The summed E-state index contributed by atoms with van der Waals surface area (Å²) in [5.74, 6) is 0.568. The summed E-state index contributed by atoms with van der Waals surface area (Å²) in [5, 5.41) is 4.06. The number of carbonyl (C=O) groups excluding carboxylic acids is 1. The van der Waals surface area contributed by atoms with Crippen molar-refractivity contribution in [3.8, 4) is 0 Å². The van der Waals surface area contributed by atoms with Crippen LogP contribution >= 0.6 is 15.9 Å². The van der Waals surface area contributed by atoms with Crippen LogP contribution in [0.1, 0.15) is 29.6 Å².